The van der Waals surface area contributed by atoms with E-state index < -0.39 is 0 Å². The van der Waals surface area contributed by atoms with Crippen LogP contribution >= 0.6 is 12.2 Å². The second-order valence-corrected chi connectivity index (χ2v) is 3.48. The van der Waals surface area contributed by atoms with Gasteiger partial charge in [0.25, 0.3) is 0 Å². The molecule has 0 aromatic carbocycles. The fourth-order valence-electron chi connectivity index (χ4n) is 1.24. The molecule has 0 aliphatic carbocycles. The van der Waals surface area contributed by atoms with E-state index in [4.69, 9.17) is 12.2 Å². The normalized spacial score (nSPS) is 13.0. The lowest BCUT2D eigenvalue weighted by Crippen LogP contribution is -2.09. The summed E-state index contributed by atoms with van der Waals surface area (Å²) in [5, 5.41) is 7.22. The average Bonchev–Trinajstić information content (AvgIpc) is 2.76. The van der Waals surface area contributed by atoms with Gasteiger partial charge in [-0.1, -0.05) is 0 Å². The molecular weight excluding hydrogens is 198 g/mol. The molecule has 14 heavy (non-hydrogen) atoms. The smallest absolute Gasteiger partial charge is 0.215 e. The van der Waals surface area contributed by atoms with Gasteiger partial charge in [-0.3, -0.25) is 14.5 Å². The number of hydrogen-bond donors (Lipinski definition) is 1. The van der Waals surface area contributed by atoms with Gasteiger partial charge in [-0.25, -0.2) is 4.98 Å². The van der Waals surface area contributed by atoms with Crippen molar-refractivity contribution >= 4 is 12.2 Å². The molecular formula is C8H11N5S. The third-order valence-corrected chi connectivity index (χ3v) is 2.47. The van der Waals surface area contributed by atoms with E-state index in [0.29, 0.717) is 4.77 Å². The quantitative estimate of drug-likeness (QED) is 0.758. The molecule has 0 saturated carbocycles. The monoisotopic (exact) mass is 209 g/mol. The van der Waals surface area contributed by atoms with Crippen LogP contribution in [0.15, 0.2) is 18.5 Å². The molecule has 2 heterocycles. The zero-order chi connectivity index (χ0) is 10.1. The molecule has 0 saturated heterocycles. The van der Waals surface area contributed by atoms with E-state index in [2.05, 4.69) is 15.2 Å². The molecule has 1 atom stereocenters. The van der Waals surface area contributed by atoms with E-state index in [0.717, 1.165) is 5.82 Å². The fraction of sp³-hybridized carbons (Fsp3) is 0.375. The molecule has 0 spiro atoms. The van der Waals surface area contributed by atoms with E-state index in [9.17, 15) is 0 Å². The van der Waals surface area contributed by atoms with E-state index in [1.807, 2.05) is 30.9 Å². The first kappa shape index (κ1) is 9.14. The Morgan fingerprint density at radius 2 is 2.36 bits per heavy atom. The molecule has 0 radical (unpaired) electrons. The number of nitrogens with one attached hydrogen (secondary N) is 1. The summed E-state index contributed by atoms with van der Waals surface area (Å²) < 4.78 is 4.09. The molecule has 2 aromatic rings. The van der Waals surface area contributed by atoms with Gasteiger partial charge in [-0.2, -0.15) is 5.10 Å². The molecule has 2 aromatic heterocycles. The molecule has 0 aliphatic heterocycles. The summed E-state index contributed by atoms with van der Waals surface area (Å²) in [4.78, 5) is 4.23. The lowest BCUT2D eigenvalue weighted by Gasteiger charge is -2.07. The van der Waals surface area contributed by atoms with E-state index >= 15 is 0 Å². The minimum absolute atomic E-state index is 0.0768. The van der Waals surface area contributed by atoms with Gasteiger partial charge in [0.15, 0.2) is 0 Å². The molecule has 5 nitrogen and oxygen atoms in total. The summed E-state index contributed by atoms with van der Waals surface area (Å²) in [6.07, 6.45) is 3.64. The van der Waals surface area contributed by atoms with Crippen LogP contribution in [0, 0.1) is 4.77 Å². The van der Waals surface area contributed by atoms with Crippen LogP contribution in [0.1, 0.15) is 18.8 Å². The Bertz CT molecular complexity index is 466. The zero-order valence-corrected chi connectivity index (χ0v) is 8.82. The van der Waals surface area contributed by atoms with Crippen molar-refractivity contribution in [3.63, 3.8) is 0 Å². The number of hydrogen-bond acceptors (Lipinski definition) is 3. The summed E-state index contributed by atoms with van der Waals surface area (Å²) in [5.41, 5.74) is 0. The van der Waals surface area contributed by atoms with E-state index in [1.54, 1.807) is 10.9 Å². The highest BCUT2D eigenvalue weighted by atomic mass is 32.1. The van der Waals surface area contributed by atoms with Crippen LogP contribution in [-0.4, -0.2) is 24.5 Å². The van der Waals surface area contributed by atoms with Gasteiger partial charge < -0.3 is 0 Å². The minimum Gasteiger partial charge on any atom is -0.282 e. The van der Waals surface area contributed by atoms with Crippen molar-refractivity contribution < 1.29 is 0 Å². The molecule has 6 heteroatoms. The Balaban J connectivity index is 2.36. The SMILES string of the molecule is CC(c1nc(=S)n(C)[nH]1)n1cccn1. The second kappa shape index (κ2) is 3.38. The molecule has 1 N–H and O–H groups in total. The highest BCUT2D eigenvalue weighted by Gasteiger charge is 2.11. The molecule has 0 fully saturated rings. The first-order valence-electron chi connectivity index (χ1n) is 4.30. The van der Waals surface area contributed by atoms with Gasteiger partial charge >= 0.3 is 0 Å². The van der Waals surface area contributed by atoms with Crippen molar-refractivity contribution in [2.45, 2.75) is 13.0 Å². The molecule has 2 rings (SSSR count). The van der Waals surface area contributed by atoms with Crippen LogP contribution in [0.25, 0.3) is 0 Å². The van der Waals surface area contributed by atoms with Crippen LogP contribution in [0.3, 0.4) is 0 Å². The molecule has 74 valence electrons. The predicted molar refractivity (Wildman–Crippen MR) is 54.4 cm³/mol. The topological polar surface area (TPSA) is 51.4 Å². The van der Waals surface area contributed by atoms with Gasteiger partial charge in [0.2, 0.25) is 4.77 Å². The van der Waals surface area contributed by atoms with Crippen molar-refractivity contribution in [2.24, 2.45) is 7.05 Å². The Morgan fingerprint density at radius 3 is 2.86 bits per heavy atom. The maximum absolute atomic E-state index is 5.01. The highest BCUT2D eigenvalue weighted by Crippen LogP contribution is 2.11. The van der Waals surface area contributed by atoms with Crippen molar-refractivity contribution in [1.29, 1.82) is 0 Å². The standard InChI is InChI=1S/C8H11N5S/c1-6(13-5-3-4-9-13)7-10-8(14)12(2)11-7/h3-6H,1-2H3,(H,10,11,14). The number of rotatable bonds is 2. The molecule has 1 unspecified atom stereocenters. The minimum atomic E-state index is 0.0768. The van der Waals surface area contributed by atoms with Gasteiger partial charge in [0.05, 0.1) is 0 Å². The molecule has 0 amide bonds. The van der Waals surface area contributed by atoms with Crippen LogP contribution in [0.4, 0.5) is 0 Å². The van der Waals surface area contributed by atoms with Crippen LogP contribution in [0.5, 0.6) is 0 Å². The lowest BCUT2D eigenvalue weighted by molar-refractivity contribution is 0.532. The maximum Gasteiger partial charge on any atom is 0.215 e. The van der Waals surface area contributed by atoms with Crippen molar-refractivity contribution in [2.75, 3.05) is 0 Å². The van der Waals surface area contributed by atoms with Gasteiger partial charge in [0.1, 0.15) is 11.9 Å². The average molecular weight is 209 g/mol. The summed E-state index contributed by atoms with van der Waals surface area (Å²) in [5.74, 6) is 0.821. The molecule has 0 aliphatic rings. The lowest BCUT2D eigenvalue weighted by atomic mass is 10.3. The third kappa shape index (κ3) is 1.48. The number of aromatic amines is 1. The van der Waals surface area contributed by atoms with Gasteiger partial charge in [-0.05, 0) is 25.2 Å². The molecule has 0 bridgehead atoms. The van der Waals surface area contributed by atoms with Crippen molar-refractivity contribution in [1.82, 2.24) is 24.5 Å². The van der Waals surface area contributed by atoms with Crippen LogP contribution < -0.4 is 0 Å². The largest absolute Gasteiger partial charge is 0.282 e. The van der Waals surface area contributed by atoms with E-state index in [1.165, 1.54) is 0 Å². The first-order chi connectivity index (χ1) is 6.68. The van der Waals surface area contributed by atoms with Gasteiger partial charge in [-0.15, -0.1) is 0 Å². The Morgan fingerprint density at radius 1 is 1.57 bits per heavy atom. The zero-order valence-electron chi connectivity index (χ0n) is 8.01. The first-order valence-corrected chi connectivity index (χ1v) is 4.71. The summed E-state index contributed by atoms with van der Waals surface area (Å²) in [7, 11) is 1.84. The van der Waals surface area contributed by atoms with Crippen LogP contribution in [-0.2, 0) is 7.05 Å². The fourth-order valence-corrected chi connectivity index (χ4v) is 1.39. The number of nitrogens with zero attached hydrogens (tertiary/aromatic N) is 4. The second-order valence-electron chi connectivity index (χ2n) is 3.11. The summed E-state index contributed by atoms with van der Waals surface area (Å²) in [6.45, 7) is 2.01. The number of aromatic nitrogens is 5. The Hall–Kier alpha value is -1.43. The van der Waals surface area contributed by atoms with Crippen LogP contribution in [0.2, 0.25) is 0 Å². The summed E-state index contributed by atoms with van der Waals surface area (Å²) >= 11 is 5.01. The third-order valence-electron chi connectivity index (χ3n) is 2.10. The Kier molecular flexibility index (Phi) is 2.20. The number of H-pyrrole nitrogens is 1. The van der Waals surface area contributed by atoms with Crippen molar-refractivity contribution in [3.05, 3.63) is 29.1 Å². The maximum atomic E-state index is 5.01. The highest BCUT2D eigenvalue weighted by molar-refractivity contribution is 7.71. The van der Waals surface area contributed by atoms with Gasteiger partial charge in [0, 0.05) is 19.4 Å². The number of aryl methyl sites for hydroxylation is 1. The predicted octanol–water partition coefficient (Wildman–Crippen LogP) is 1.28. The van der Waals surface area contributed by atoms with E-state index in [-0.39, 0.29) is 6.04 Å². The van der Waals surface area contributed by atoms with Crippen molar-refractivity contribution in [3.8, 4) is 0 Å². The summed E-state index contributed by atoms with van der Waals surface area (Å²) in [6, 6.07) is 1.96. The Labute approximate surface area is 86.4 Å².